The first-order chi connectivity index (χ1) is 7.22. The molecule has 0 saturated carbocycles. The van der Waals surface area contributed by atoms with Crippen LogP contribution in [0.15, 0.2) is 31.0 Å². The van der Waals surface area contributed by atoms with Crippen LogP contribution in [0.1, 0.15) is 17.7 Å². The summed E-state index contributed by atoms with van der Waals surface area (Å²) in [4.78, 5) is 15.3. The van der Waals surface area contributed by atoms with Crippen molar-refractivity contribution in [2.24, 2.45) is 0 Å². The Labute approximate surface area is 89.8 Å². The van der Waals surface area contributed by atoms with E-state index in [0.29, 0.717) is 12.8 Å². The molecule has 0 atom stereocenters. The predicted molar refractivity (Wildman–Crippen MR) is 58.5 cm³/mol. The summed E-state index contributed by atoms with van der Waals surface area (Å²) in [5, 5.41) is 0. The number of esters is 1. The van der Waals surface area contributed by atoms with Crippen LogP contribution < -0.4 is 0 Å². The van der Waals surface area contributed by atoms with Gasteiger partial charge in [-0.25, -0.2) is 0 Å². The molecule has 3 nitrogen and oxygen atoms in total. The van der Waals surface area contributed by atoms with Crippen LogP contribution in [0.3, 0.4) is 0 Å². The van der Waals surface area contributed by atoms with Crippen molar-refractivity contribution in [3.63, 3.8) is 0 Å². The minimum atomic E-state index is -0.199. The molecule has 15 heavy (non-hydrogen) atoms. The zero-order valence-electron chi connectivity index (χ0n) is 8.90. The van der Waals surface area contributed by atoms with E-state index in [1.54, 1.807) is 12.3 Å². The normalized spacial score (nSPS) is 9.67. The maximum absolute atomic E-state index is 11.2. The fraction of sp³-hybridized carbons (Fsp3) is 0.333. The molecule has 0 aliphatic heterocycles. The van der Waals surface area contributed by atoms with Crippen molar-refractivity contribution in [2.45, 2.75) is 19.8 Å². The summed E-state index contributed by atoms with van der Waals surface area (Å²) in [5.74, 6) is -0.199. The van der Waals surface area contributed by atoms with Gasteiger partial charge < -0.3 is 4.74 Å². The molecule has 0 aromatic carbocycles. The van der Waals surface area contributed by atoms with E-state index in [9.17, 15) is 4.79 Å². The van der Waals surface area contributed by atoms with Gasteiger partial charge >= 0.3 is 5.97 Å². The summed E-state index contributed by atoms with van der Waals surface area (Å²) in [7, 11) is 0. The minimum Gasteiger partial charge on any atom is -0.461 e. The lowest BCUT2D eigenvalue weighted by Crippen LogP contribution is -2.05. The number of nitrogens with zero attached hydrogens (tertiary/aromatic N) is 1. The largest absolute Gasteiger partial charge is 0.461 e. The van der Waals surface area contributed by atoms with Crippen LogP contribution >= 0.6 is 0 Å². The number of hydrogen-bond donors (Lipinski definition) is 0. The fourth-order valence-corrected chi connectivity index (χ4v) is 1.12. The van der Waals surface area contributed by atoms with Crippen molar-refractivity contribution < 1.29 is 9.53 Å². The molecule has 0 bridgehead atoms. The smallest absolute Gasteiger partial charge is 0.306 e. The van der Waals surface area contributed by atoms with Gasteiger partial charge in [-0.05, 0) is 25.0 Å². The number of hydrogen-bond acceptors (Lipinski definition) is 3. The van der Waals surface area contributed by atoms with E-state index in [4.69, 9.17) is 4.74 Å². The molecular formula is C12H15NO2. The van der Waals surface area contributed by atoms with Crippen LogP contribution in [-0.4, -0.2) is 17.6 Å². The standard InChI is InChI=1S/C12H15NO2/c1-3-8-15-12(14)7-6-11-5-4-10(2)13-9-11/h3-5,9H,1,6-8H2,2H3. The second-order valence-electron chi connectivity index (χ2n) is 3.28. The first-order valence-corrected chi connectivity index (χ1v) is 4.90. The molecule has 1 aromatic heterocycles. The summed E-state index contributed by atoms with van der Waals surface area (Å²) in [6.45, 7) is 5.69. The van der Waals surface area contributed by atoms with Crippen molar-refractivity contribution >= 4 is 5.97 Å². The average molecular weight is 205 g/mol. The Kier molecular flexibility index (Phi) is 4.54. The van der Waals surface area contributed by atoms with Gasteiger partial charge in [-0.3, -0.25) is 9.78 Å². The van der Waals surface area contributed by atoms with Gasteiger partial charge in [-0.1, -0.05) is 18.7 Å². The molecule has 0 unspecified atom stereocenters. The molecule has 1 aromatic rings. The highest BCUT2D eigenvalue weighted by Crippen LogP contribution is 2.03. The van der Waals surface area contributed by atoms with Crippen molar-refractivity contribution in [3.8, 4) is 0 Å². The zero-order chi connectivity index (χ0) is 11.1. The summed E-state index contributed by atoms with van der Waals surface area (Å²) in [5.41, 5.74) is 2.03. The van der Waals surface area contributed by atoms with E-state index in [1.807, 2.05) is 19.1 Å². The SMILES string of the molecule is C=CCOC(=O)CCc1ccc(C)nc1. The van der Waals surface area contributed by atoms with Gasteiger partial charge in [0.2, 0.25) is 0 Å². The van der Waals surface area contributed by atoms with Crippen LogP contribution in [0.2, 0.25) is 0 Å². The molecular weight excluding hydrogens is 190 g/mol. The molecule has 0 spiro atoms. The van der Waals surface area contributed by atoms with Gasteiger partial charge in [-0.2, -0.15) is 0 Å². The summed E-state index contributed by atoms with van der Waals surface area (Å²) in [6.07, 6.45) is 4.41. The van der Waals surface area contributed by atoms with Gasteiger partial charge in [0.25, 0.3) is 0 Å². The first kappa shape index (κ1) is 11.4. The van der Waals surface area contributed by atoms with Crippen LogP contribution in [0.25, 0.3) is 0 Å². The third-order valence-electron chi connectivity index (χ3n) is 1.95. The quantitative estimate of drug-likeness (QED) is 0.545. The molecule has 0 aliphatic rings. The molecule has 0 aliphatic carbocycles. The molecule has 0 fully saturated rings. The van der Waals surface area contributed by atoms with E-state index < -0.39 is 0 Å². The lowest BCUT2D eigenvalue weighted by molar-refractivity contribution is -0.142. The summed E-state index contributed by atoms with van der Waals surface area (Å²) < 4.78 is 4.86. The topological polar surface area (TPSA) is 39.2 Å². The van der Waals surface area contributed by atoms with Crippen molar-refractivity contribution in [1.82, 2.24) is 4.98 Å². The van der Waals surface area contributed by atoms with Gasteiger partial charge in [0.1, 0.15) is 6.61 Å². The van der Waals surface area contributed by atoms with Crippen molar-refractivity contribution in [2.75, 3.05) is 6.61 Å². The highest BCUT2D eigenvalue weighted by atomic mass is 16.5. The molecule has 1 rings (SSSR count). The van der Waals surface area contributed by atoms with E-state index in [0.717, 1.165) is 11.3 Å². The Hall–Kier alpha value is -1.64. The highest BCUT2D eigenvalue weighted by molar-refractivity contribution is 5.69. The second-order valence-corrected chi connectivity index (χ2v) is 3.28. The van der Waals surface area contributed by atoms with E-state index in [-0.39, 0.29) is 12.6 Å². The second kappa shape index (κ2) is 5.96. The Morgan fingerprint density at radius 3 is 3.00 bits per heavy atom. The number of ether oxygens (including phenoxy) is 1. The van der Waals surface area contributed by atoms with Gasteiger partial charge in [0.05, 0.1) is 0 Å². The molecule has 0 amide bonds. The van der Waals surface area contributed by atoms with E-state index in [2.05, 4.69) is 11.6 Å². The van der Waals surface area contributed by atoms with E-state index in [1.165, 1.54) is 0 Å². The van der Waals surface area contributed by atoms with E-state index >= 15 is 0 Å². The molecule has 80 valence electrons. The minimum absolute atomic E-state index is 0.199. The first-order valence-electron chi connectivity index (χ1n) is 4.90. The number of carbonyl (C=O) groups excluding carboxylic acids is 1. The average Bonchev–Trinajstić information content (AvgIpc) is 2.25. The summed E-state index contributed by atoms with van der Waals surface area (Å²) in [6, 6.07) is 3.91. The number of carbonyl (C=O) groups is 1. The number of pyridine rings is 1. The molecule has 0 saturated heterocycles. The third-order valence-corrected chi connectivity index (χ3v) is 1.95. The Morgan fingerprint density at radius 1 is 1.60 bits per heavy atom. The fourth-order valence-electron chi connectivity index (χ4n) is 1.12. The maximum atomic E-state index is 11.2. The molecule has 3 heteroatoms. The zero-order valence-corrected chi connectivity index (χ0v) is 8.90. The van der Waals surface area contributed by atoms with Crippen LogP contribution in [0.5, 0.6) is 0 Å². The Balaban J connectivity index is 2.33. The molecule has 1 heterocycles. The number of aryl methyl sites for hydroxylation is 2. The number of rotatable bonds is 5. The van der Waals surface area contributed by atoms with Gasteiger partial charge in [-0.15, -0.1) is 0 Å². The Bertz CT molecular complexity index is 330. The van der Waals surface area contributed by atoms with Gasteiger partial charge in [0, 0.05) is 18.3 Å². The van der Waals surface area contributed by atoms with Crippen molar-refractivity contribution in [3.05, 3.63) is 42.2 Å². The summed E-state index contributed by atoms with van der Waals surface area (Å²) >= 11 is 0. The number of aromatic nitrogens is 1. The van der Waals surface area contributed by atoms with Crippen LogP contribution in [0.4, 0.5) is 0 Å². The maximum Gasteiger partial charge on any atom is 0.306 e. The lowest BCUT2D eigenvalue weighted by Gasteiger charge is -2.02. The van der Waals surface area contributed by atoms with Crippen molar-refractivity contribution in [1.29, 1.82) is 0 Å². The van der Waals surface area contributed by atoms with Gasteiger partial charge in [0.15, 0.2) is 0 Å². The highest BCUT2D eigenvalue weighted by Gasteiger charge is 2.02. The molecule has 0 N–H and O–H groups in total. The van der Waals surface area contributed by atoms with Crippen LogP contribution in [0, 0.1) is 6.92 Å². The molecule has 0 radical (unpaired) electrons. The lowest BCUT2D eigenvalue weighted by atomic mass is 10.1. The predicted octanol–water partition coefficient (Wildman–Crippen LogP) is 2.05. The third kappa shape index (κ3) is 4.40. The monoisotopic (exact) mass is 205 g/mol. The van der Waals surface area contributed by atoms with Crippen LogP contribution in [-0.2, 0) is 16.0 Å². The Morgan fingerprint density at radius 2 is 2.40 bits per heavy atom.